The lowest BCUT2D eigenvalue weighted by Gasteiger charge is -2.13. The molecule has 0 bridgehead atoms. The fourth-order valence-electron chi connectivity index (χ4n) is 2.47. The summed E-state index contributed by atoms with van der Waals surface area (Å²) in [6.45, 7) is 2.18. The van der Waals surface area contributed by atoms with Gasteiger partial charge in [-0.25, -0.2) is 0 Å². The summed E-state index contributed by atoms with van der Waals surface area (Å²) in [4.78, 5) is 23.0. The van der Waals surface area contributed by atoms with Gasteiger partial charge in [0, 0.05) is 23.2 Å². The molecule has 0 aliphatic carbocycles. The van der Waals surface area contributed by atoms with E-state index < -0.39 is 5.97 Å². The molecule has 0 spiro atoms. The van der Waals surface area contributed by atoms with E-state index >= 15 is 0 Å². The number of hydrogen-bond donors (Lipinski definition) is 2. The largest absolute Gasteiger partial charge is 0.496 e. The van der Waals surface area contributed by atoms with Crippen LogP contribution in [-0.2, 0) is 4.79 Å². The van der Waals surface area contributed by atoms with E-state index in [2.05, 4.69) is 5.32 Å². The number of hydrogen-bond acceptors (Lipinski definition) is 5. The van der Waals surface area contributed by atoms with E-state index in [4.69, 9.17) is 19.3 Å². The van der Waals surface area contributed by atoms with Crippen LogP contribution in [0.1, 0.15) is 28.8 Å². The number of nitrogens with one attached hydrogen (secondary N) is 1. The molecule has 0 aliphatic heterocycles. The SMILES string of the molecule is COc1cc(C(=O)Nc2ccc(OCCCC(=O)O)cc2)cc(OC)c1C. The lowest BCUT2D eigenvalue weighted by atomic mass is 10.1. The average molecular weight is 373 g/mol. The smallest absolute Gasteiger partial charge is 0.303 e. The Morgan fingerprint density at radius 2 is 1.63 bits per heavy atom. The molecule has 144 valence electrons. The highest BCUT2D eigenvalue weighted by atomic mass is 16.5. The molecule has 7 heteroatoms. The summed E-state index contributed by atoms with van der Waals surface area (Å²) in [7, 11) is 3.08. The van der Waals surface area contributed by atoms with Crippen LogP contribution in [0.3, 0.4) is 0 Å². The molecule has 0 aliphatic rings. The van der Waals surface area contributed by atoms with Gasteiger partial charge in [0.1, 0.15) is 17.2 Å². The van der Waals surface area contributed by atoms with Crippen LogP contribution in [-0.4, -0.2) is 37.8 Å². The van der Waals surface area contributed by atoms with E-state index in [0.717, 1.165) is 5.56 Å². The first kappa shape index (κ1) is 20.1. The first-order valence-electron chi connectivity index (χ1n) is 8.43. The van der Waals surface area contributed by atoms with Gasteiger partial charge in [-0.15, -0.1) is 0 Å². The molecule has 2 aromatic carbocycles. The van der Waals surface area contributed by atoms with Crippen LogP contribution >= 0.6 is 0 Å². The van der Waals surface area contributed by atoms with Crippen molar-refractivity contribution in [1.29, 1.82) is 0 Å². The van der Waals surface area contributed by atoms with Crippen molar-refractivity contribution in [3.8, 4) is 17.2 Å². The number of carboxylic acids is 1. The quantitative estimate of drug-likeness (QED) is 0.653. The van der Waals surface area contributed by atoms with Crippen LogP contribution in [0, 0.1) is 6.92 Å². The number of carbonyl (C=O) groups excluding carboxylic acids is 1. The van der Waals surface area contributed by atoms with Crippen molar-refractivity contribution in [2.45, 2.75) is 19.8 Å². The number of carbonyl (C=O) groups is 2. The molecule has 0 unspecified atom stereocenters. The van der Waals surface area contributed by atoms with Crippen LogP contribution in [0.5, 0.6) is 17.2 Å². The van der Waals surface area contributed by atoms with E-state index in [1.807, 2.05) is 6.92 Å². The van der Waals surface area contributed by atoms with Gasteiger partial charge in [0.05, 0.1) is 20.8 Å². The van der Waals surface area contributed by atoms with Crippen molar-refractivity contribution in [2.75, 3.05) is 26.1 Å². The highest BCUT2D eigenvalue weighted by Gasteiger charge is 2.14. The lowest BCUT2D eigenvalue weighted by molar-refractivity contribution is -0.137. The Kier molecular flexibility index (Phi) is 7.05. The van der Waals surface area contributed by atoms with E-state index in [1.165, 1.54) is 0 Å². The van der Waals surface area contributed by atoms with Crippen molar-refractivity contribution in [3.05, 3.63) is 47.5 Å². The number of amides is 1. The lowest BCUT2D eigenvalue weighted by Crippen LogP contribution is -2.12. The maximum Gasteiger partial charge on any atom is 0.303 e. The van der Waals surface area contributed by atoms with Gasteiger partial charge < -0.3 is 24.6 Å². The number of benzene rings is 2. The van der Waals surface area contributed by atoms with Gasteiger partial charge in [-0.1, -0.05) is 0 Å². The molecule has 2 rings (SSSR count). The first-order valence-corrected chi connectivity index (χ1v) is 8.43. The summed E-state index contributed by atoms with van der Waals surface area (Å²) < 4.78 is 16.1. The minimum absolute atomic E-state index is 0.0671. The van der Waals surface area contributed by atoms with Crippen molar-refractivity contribution >= 4 is 17.6 Å². The molecule has 0 atom stereocenters. The third-order valence-corrected chi connectivity index (χ3v) is 3.93. The zero-order valence-corrected chi connectivity index (χ0v) is 15.6. The van der Waals surface area contributed by atoms with Gasteiger partial charge in [-0.05, 0) is 49.7 Å². The summed E-state index contributed by atoms with van der Waals surface area (Å²) in [5.41, 5.74) is 1.85. The Labute approximate surface area is 157 Å². The second kappa shape index (κ2) is 9.47. The molecule has 0 saturated heterocycles. The van der Waals surface area contributed by atoms with E-state index in [0.29, 0.717) is 41.5 Å². The zero-order valence-electron chi connectivity index (χ0n) is 15.6. The fourth-order valence-corrected chi connectivity index (χ4v) is 2.47. The van der Waals surface area contributed by atoms with Crippen molar-refractivity contribution in [3.63, 3.8) is 0 Å². The Morgan fingerprint density at radius 3 is 2.15 bits per heavy atom. The Hall–Kier alpha value is -3.22. The van der Waals surface area contributed by atoms with Gasteiger partial charge in [0.25, 0.3) is 5.91 Å². The van der Waals surface area contributed by atoms with Crippen LogP contribution in [0.4, 0.5) is 5.69 Å². The fraction of sp³-hybridized carbons (Fsp3) is 0.300. The van der Waals surface area contributed by atoms with Gasteiger partial charge in [-0.2, -0.15) is 0 Å². The predicted molar refractivity (Wildman–Crippen MR) is 101 cm³/mol. The maximum atomic E-state index is 12.5. The van der Waals surface area contributed by atoms with Crippen LogP contribution < -0.4 is 19.5 Å². The molecule has 0 saturated carbocycles. The third-order valence-electron chi connectivity index (χ3n) is 3.93. The Balaban J connectivity index is 2.00. The maximum absolute atomic E-state index is 12.5. The number of methoxy groups -OCH3 is 2. The third kappa shape index (κ3) is 5.64. The second-order valence-electron chi connectivity index (χ2n) is 5.83. The average Bonchev–Trinajstić information content (AvgIpc) is 2.66. The van der Waals surface area contributed by atoms with Crippen molar-refractivity contribution in [2.24, 2.45) is 0 Å². The van der Waals surface area contributed by atoms with Crippen LogP contribution in [0.2, 0.25) is 0 Å². The summed E-state index contributed by atoms with van der Waals surface area (Å²) in [6.07, 6.45) is 0.503. The van der Waals surface area contributed by atoms with Crippen molar-refractivity contribution < 1.29 is 28.9 Å². The van der Waals surface area contributed by atoms with Crippen molar-refractivity contribution in [1.82, 2.24) is 0 Å². The molecule has 1 amide bonds. The molecule has 0 radical (unpaired) electrons. The number of rotatable bonds is 9. The Bertz CT molecular complexity index is 776. The summed E-state index contributed by atoms with van der Waals surface area (Å²) in [5, 5.41) is 11.4. The monoisotopic (exact) mass is 373 g/mol. The van der Waals surface area contributed by atoms with Crippen LogP contribution in [0.15, 0.2) is 36.4 Å². The molecule has 0 fully saturated rings. The number of anilines is 1. The van der Waals surface area contributed by atoms with Crippen LogP contribution in [0.25, 0.3) is 0 Å². The second-order valence-corrected chi connectivity index (χ2v) is 5.83. The number of aliphatic carboxylic acids is 1. The van der Waals surface area contributed by atoms with Gasteiger partial charge in [-0.3, -0.25) is 9.59 Å². The minimum atomic E-state index is -0.846. The molecular weight excluding hydrogens is 350 g/mol. The normalized spacial score (nSPS) is 10.2. The van der Waals surface area contributed by atoms with E-state index in [1.54, 1.807) is 50.6 Å². The highest BCUT2D eigenvalue weighted by molar-refractivity contribution is 6.05. The standard InChI is InChI=1S/C20H23NO6/c1-13-17(25-2)11-14(12-18(13)26-3)20(24)21-15-6-8-16(9-7-15)27-10-4-5-19(22)23/h6-9,11-12H,4-5,10H2,1-3H3,(H,21,24)(H,22,23). The molecule has 7 nitrogen and oxygen atoms in total. The van der Waals surface area contributed by atoms with E-state index in [9.17, 15) is 9.59 Å². The Morgan fingerprint density at radius 1 is 1.04 bits per heavy atom. The molecule has 2 N–H and O–H groups in total. The predicted octanol–water partition coefficient (Wildman–Crippen LogP) is 3.51. The molecule has 0 heterocycles. The van der Waals surface area contributed by atoms with Gasteiger partial charge >= 0.3 is 5.97 Å². The summed E-state index contributed by atoms with van der Waals surface area (Å²) in [6, 6.07) is 10.2. The highest BCUT2D eigenvalue weighted by Crippen LogP contribution is 2.30. The van der Waals surface area contributed by atoms with Gasteiger partial charge in [0.15, 0.2) is 0 Å². The zero-order chi connectivity index (χ0) is 19.8. The van der Waals surface area contributed by atoms with E-state index in [-0.39, 0.29) is 12.3 Å². The number of carboxylic acid groups (broad SMARTS) is 1. The molecular formula is C20H23NO6. The first-order chi connectivity index (χ1) is 12.9. The minimum Gasteiger partial charge on any atom is -0.496 e. The molecule has 2 aromatic rings. The summed E-state index contributed by atoms with van der Waals surface area (Å²) >= 11 is 0. The number of ether oxygens (including phenoxy) is 3. The topological polar surface area (TPSA) is 94.1 Å². The van der Waals surface area contributed by atoms with Gasteiger partial charge in [0.2, 0.25) is 0 Å². The molecule has 27 heavy (non-hydrogen) atoms. The summed E-state index contributed by atoms with van der Waals surface area (Å²) in [5.74, 6) is 0.619. The molecule has 0 aromatic heterocycles.